The Morgan fingerprint density at radius 1 is 1.15 bits per heavy atom. The molecule has 4 heterocycles. The van der Waals surface area contributed by atoms with Gasteiger partial charge in [0.25, 0.3) is 15.6 Å². The molecule has 4 aromatic rings. The number of fused-ring (bicyclic) bond motifs is 1. The number of carbonyl (C=O) groups is 1. The zero-order valence-corrected chi connectivity index (χ0v) is 23.2. The number of pyridine rings is 2. The van der Waals surface area contributed by atoms with Gasteiger partial charge in [0, 0.05) is 54.0 Å². The van der Waals surface area contributed by atoms with Gasteiger partial charge in [-0.05, 0) is 57.4 Å². The van der Waals surface area contributed by atoms with E-state index in [1.54, 1.807) is 38.1 Å². The van der Waals surface area contributed by atoms with Crippen LogP contribution in [0.2, 0.25) is 0 Å². The molecule has 1 aliphatic heterocycles. The van der Waals surface area contributed by atoms with E-state index >= 15 is 0 Å². The summed E-state index contributed by atoms with van der Waals surface area (Å²) in [5.41, 5.74) is 0.181. The second-order valence-corrected chi connectivity index (χ2v) is 12.2. The van der Waals surface area contributed by atoms with Gasteiger partial charge in [-0.3, -0.25) is 14.6 Å². The molecule has 0 amide bonds. The Labute approximate surface area is 234 Å². The minimum absolute atomic E-state index is 0.0356. The first-order chi connectivity index (χ1) is 19.4. The molecule has 0 saturated carbocycles. The maximum atomic E-state index is 13.4. The number of carbonyl (C=O) groups excluding carboxylic acids is 1. The number of aromatic nitrogens is 2. The Kier molecular flexibility index (Phi) is 7.64. The van der Waals surface area contributed by atoms with Crippen LogP contribution in [0.5, 0.6) is 0 Å². The van der Waals surface area contributed by atoms with E-state index in [0.717, 1.165) is 12.3 Å². The van der Waals surface area contributed by atoms with E-state index in [9.17, 15) is 31.2 Å². The molecule has 12 heteroatoms. The van der Waals surface area contributed by atoms with Gasteiger partial charge in [-0.25, -0.2) is 8.42 Å². The Morgan fingerprint density at radius 3 is 2.56 bits per heavy atom. The lowest BCUT2D eigenvalue weighted by molar-refractivity contribution is -0.137. The van der Waals surface area contributed by atoms with Crippen molar-refractivity contribution in [3.8, 4) is 11.3 Å². The van der Waals surface area contributed by atoms with E-state index < -0.39 is 27.8 Å². The van der Waals surface area contributed by atoms with E-state index in [1.807, 2.05) is 0 Å². The highest BCUT2D eigenvalue weighted by Gasteiger charge is 2.40. The number of sulfonamides is 1. The van der Waals surface area contributed by atoms with Crippen molar-refractivity contribution in [3.05, 3.63) is 82.4 Å². The Hall–Kier alpha value is -3.77. The topological polar surface area (TPSA) is 102 Å². The zero-order chi connectivity index (χ0) is 29.5. The summed E-state index contributed by atoms with van der Waals surface area (Å²) in [5.74, 6) is -0.323. The molecule has 0 bridgehead atoms. The second kappa shape index (κ2) is 10.9. The summed E-state index contributed by atoms with van der Waals surface area (Å²) in [6.45, 7) is 3.75. The minimum atomic E-state index is -4.53. The van der Waals surface area contributed by atoms with Gasteiger partial charge in [0.05, 0.1) is 17.3 Å². The highest BCUT2D eigenvalue weighted by Crippen LogP contribution is 2.32. The van der Waals surface area contributed by atoms with Crippen molar-refractivity contribution in [1.29, 1.82) is 0 Å². The molecule has 1 aliphatic rings. The minimum Gasteiger partial charge on any atom is -0.443 e. The van der Waals surface area contributed by atoms with Crippen LogP contribution < -0.4 is 5.56 Å². The number of hydrogen-bond donors (Lipinski definition) is 0. The number of aryl methyl sites for hydroxylation is 1. The molecule has 8 nitrogen and oxygen atoms in total. The summed E-state index contributed by atoms with van der Waals surface area (Å²) >= 11 is 0. The fraction of sp³-hybridized carbons (Fsp3) is 0.345. The average Bonchev–Trinajstić information content (AvgIpc) is 3.60. The van der Waals surface area contributed by atoms with Crippen molar-refractivity contribution < 1.29 is 30.8 Å². The molecule has 1 fully saturated rings. The maximum absolute atomic E-state index is 13.4. The van der Waals surface area contributed by atoms with Crippen molar-refractivity contribution >= 4 is 26.8 Å². The number of para-hydroxylation sites is 1. The van der Waals surface area contributed by atoms with Crippen LogP contribution in [0.4, 0.5) is 13.2 Å². The van der Waals surface area contributed by atoms with Crippen LogP contribution >= 0.6 is 0 Å². The molecule has 5 rings (SSSR count). The van der Waals surface area contributed by atoms with Gasteiger partial charge in [-0.1, -0.05) is 18.2 Å². The Bertz CT molecular complexity index is 1730. The van der Waals surface area contributed by atoms with Crippen LogP contribution in [0.1, 0.15) is 50.3 Å². The van der Waals surface area contributed by atoms with Gasteiger partial charge in [-0.2, -0.15) is 17.5 Å². The first-order valence-electron chi connectivity index (χ1n) is 13.2. The third-order valence-corrected chi connectivity index (χ3v) is 9.01. The number of Topliss-reactive ketones (excluding diaryl/α,β-unsaturated/α-hetero) is 1. The van der Waals surface area contributed by atoms with Crippen LogP contribution in [0.3, 0.4) is 0 Å². The summed E-state index contributed by atoms with van der Waals surface area (Å²) in [7, 11) is -4.07. The van der Waals surface area contributed by atoms with Crippen molar-refractivity contribution in [2.45, 2.75) is 62.9 Å². The van der Waals surface area contributed by atoms with Gasteiger partial charge in [-0.15, -0.1) is 0 Å². The van der Waals surface area contributed by atoms with Crippen molar-refractivity contribution in [3.63, 3.8) is 0 Å². The van der Waals surface area contributed by atoms with Crippen molar-refractivity contribution in [1.82, 2.24) is 13.9 Å². The average molecular weight is 588 g/mol. The van der Waals surface area contributed by atoms with Crippen LogP contribution in [-0.4, -0.2) is 40.6 Å². The molecule has 0 N–H and O–H groups in total. The molecule has 3 aromatic heterocycles. The Morgan fingerprint density at radius 2 is 1.90 bits per heavy atom. The van der Waals surface area contributed by atoms with E-state index in [4.69, 9.17) is 4.42 Å². The van der Waals surface area contributed by atoms with Gasteiger partial charge >= 0.3 is 6.18 Å². The highest BCUT2D eigenvalue weighted by molar-refractivity contribution is 7.89. The number of hydrogen-bond acceptors (Lipinski definition) is 6. The molecule has 41 heavy (non-hydrogen) atoms. The monoisotopic (exact) mass is 587 g/mol. The van der Waals surface area contributed by atoms with E-state index in [1.165, 1.54) is 33.3 Å². The zero-order valence-electron chi connectivity index (χ0n) is 22.4. The van der Waals surface area contributed by atoms with Crippen LogP contribution in [0, 0.1) is 0 Å². The number of benzene rings is 1. The SMILES string of the molecule is CC(C)n1cc(-c2ccc(C(F)(F)F)cn2)cc(CCC(=O)[C@@H]2CCCN2S(=O)(=O)c2cc3ccccc3o2)c1=O. The van der Waals surface area contributed by atoms with Gasteiger partial charge in [0.15, 0.2) is 5.78 Å². The second-order valence-electron chi connectivity index (χ2n) is 10.3. The third kappa shape index (κ3) is 5.71. The maximum Gasteiger partial charge on any atom is 0.417 e. The number of rotatable bonds is 8. The number of halogens is 3. The van der Waals surface area contributed by atoms with Crippen LogP contribution in [0.15, 0.2) is 75.2 Å². The van der Waals surface area contributed by atoms with E-state index in [0.29, 0.717) is 29.4 Å². The van der Waals surface area contributed by atoms with Crippen molar-refractivity contribution in [2.24, 2.45) is 0 Å². The predicted molar refractivity (Wildman–Crippen MR) is 146 cm³/mol. The smallest absolute Gasteiger partial charge is 0.417 e. The van der Waals surface area contributed by atoms with E-state index in [2.05, 4.69) is 4.98 Å². The molecule has 0 unspecified atom stereocenters. The van der Waals surface area contributed by atoms with Crippen LogP contribution in [0.25, 0.3) is 22.2 Å². The van der Waals surface area contributed by atoms with Gasteiger partial charge in [0.2, 0.25) is 5.09 Å². The summed E-state index contributed by atoms with van der Waals surface area (Å²) in [4.78, 5) is 30.4. The lowest BCUT2D eigenvalue weighted by Gasteiger charge is -2.22. The first kappa shape index (κ1) is 28.7. The molecule has 1 aromatic carbocycles. The molecule has 0 radical (unpaired) electrons. The summed E-state index contributed by atoms with van der Waals surface area (Å²) in [6.07, 6.45) is -1.45. The van der Waals surface area contributed by atoms with Crippen LogP contribution in [-0.2, 0) is 27.4 Å². The number of nitrogens with zero attached hydrogens (tertiary/aromatic N) is 3. The lowest BCUT2D eigenvalue weighted by Crippen LogP contribution is -2.40. The molecule has 1 saturated heterocycles. The number of alkyl halides is 3. The predicted octanol–water partition coefficient (Wildman–Crippen LogP) is 5.61. The standard InChI is InChI=1S/C29H28F3N3O5S/c1-18(2)34-17-21(23-11-10-22(16-33-23)29(30,31)32)14-20(28(34)37)9-12-25(36)24-7-5-13-35(24)41(38,39)27-15-19-6-3-4-8-26(19)40-27/h3-4,6,8,10-11,14-18,24H,5,7,9,12-13H2,1-2H3/t24-/m0/s1. The van der Waals surface area contributed by atoms with Gasteiger partial charge in [0.1, 0.15) is 5.58 Å². The number of furan rings is 1. The molecular weight excluding hydrogens is 559 g/mol. The van der Waals surface area contributed by atoms with Crippen molar-refractivity contribution in [2.75, 3.05) is 6.54 Å². The summed E-state index contributed by atoms with van der Waals surface area (Å²) < 4.78 is 74.0. The third-order valence-electron chi connectivity index (χ3n) is 7.24. The largest absolute Gasteiger partial charge is 0.443 e. The molecule has 0 spiro atoms. The van der Waals surface area contributed by atoms with Gasteiger partial charge < -0.3 is 8.98 Å². The molecule has 216 valence electrons. The summed E-state index contributed by atoms with van der Waals surface area (Å²) in [5, 5.41) is 0.409. The normalized spacial score (nSPS) is 16.6. The lowest BCUT2D eigenvalue weighted by atomic mass is 10.0. The quantitative estimate of drug-likeness (QED) is 0.266. The van der Waals surface area contributed by atoms with E-state index in [-0.39, 0.29) is 53.1 Å². The fourth-order valence-electron chi connectivity index (χ4n) is 5.07. The Balaban J connectivity index is 1.38. The number of ketones is 1. The first-order valence-corrected chi connectivity index (χ1v) is 14.6. The molecule has 0 aliphatic carbocycles. The fourth-order valence-corrected chi connectivity index (χ4v) is 6.70. The highest BCUT2D eigenvalue weighted by atomic mass is 32.2. The molecular formula is C29H28F3N3O5S. The molecule has 1 atom stereocenters. The summed E-state index contributed by atoms with van der Waals surface area (Å²) in [6, 6.07) is 10.9.